The summed E-state index contributed by atoms with van der Waals surface area (Å²) in [6, 6.07) is 1.82. The highest BCUT2D eigenvalue weighted by atomic mass is 16.4. The summed E-state index contributed by atoms with van der Waals surface area (Å²) >= 11 is 0. The number of pyridine rings is 1. The fourth-order valence-corrected chi connectivity index (χ4v) is 1.63. The minimum absolute atomic E-state index is 0.215. The summed E-state index contributed by atoms with van der Waals surface area (Å²) in [7, 11) is 3.63. The quantitative estimate of drug-likeness (QED) is 0.776. The van der Waals surface area contributed by atoms with Crippen LogP contribution < -0.4 is 4.90 Å². The molecule has 0 saturated heterocycles. The molecule has 78 valence electrons. The van der Waals surface area contributed by atoms with Gasteiger partial charge in [-0.1, -0.05) is 0 Å². The van der Waals surface area contributed by atoms with Crippen molar-refractivity contribution in [1.82, 2.24) is 9.97 Å². The summed E-state index contributed by atoms with van der Waals surface area (Å²) in [5, 5.41) is 9.85. The largest absolute Gasteiger partial charge is 0.478 e. The van der Waals surface area contributed by atoms with E-state index in [9.17, 15) is 4.79 Å². The molecular formula is C10H11N3O2. The molecule has 2 aromatic rings. The molecule has 0 bridgehead atoms. The fourth-order valence-electron chi connectivity index (χ4n) is 1.63. The maximum absolute atomic E-state index is 11.0. The molecule has 0 spiro atoms. The van der Waals surface area contributed by atoms with Crippen molar-refractivity contribution in [3.63, 3.8) is 0 Å². The maximum Gasteiger partial charge on any atom is 0.339 e. The number of carbonyl (C=O) groups is 1. The van der Waals surface area contributed by atoms with Crippen molar-refractivity contribution < 1.29 is 9.90 Å². The third-order valence-corrected chi connectivity index (χ3v) is 2.24. The van der Waals surface area contributed by atoms with Gasteiger partial charge in [0.05, 0.1) is 5.69 Å². The molecule has 0 amide bonds. The number of carboxylic acid groups (broad SMARTS) is 1. The maximum atomic E-state index is 11.0. The van der Waals surface area contributed by atoms with Crippen molar-refractivity contribution in [2.75, 3.05) is 19.0 Å². The van der Waals surface area contributed by atoms with Crippen LogP contribution in [-0.4, -0.2) is 35.1 Å². The molecule has 2 N–H and O–H groups in total. The first-order valence-corrected chi connectivity index (χ1v) is 4.48. The summed E-state index contributed by atoms with van der Waals surface area (Å²) in [5.74, 6) is -0.964. The number of hydrogen-bond acceptors (Lipinski definition) is 3. The van der Waals surface area contributed by atoms with Crippen molar-refractivity contribution in [3.05, 3.63) is 24.0 Å². The van der Waals surface area contributed by atoms with E-state index in [1.165, 1.54) is 6.20 Å². The zero-order valence-corrected chi connectivity index (χ0v) is 8.48. The Balaban J connectivity index is 2.81. The van der Waals surface area contributed by atoms with Gasteiger partial charge < -0.3 is 15.0 Å². The molecule has 2 aromatic heterocycles. The first-order valence-electron chi connectivity index (χ1n) is 4.48. The zero-order valence-electron chi connectivity index (χ0n) is 8.48. The van der Waals surface area contributed by atoms with E-state index >= 15 is 0 Å². The van der Waals surface area contributed by atoms with Crippen LogP contribution in [0.1, 0.15) is 10.4 Å². The van der Waals surface area contributed by atoms with Crippen LogP contribution in [-0.2, 0) is 0 Å². The zero-order chi connectivity index (χ0) is 11.0. The number of anilines is 1. The van der Waals surface area contributed by atoms with E-state index in [1.54, 1.807) is 11.1 Å². The Morgan fingerprint density at radius 2 is 2.27 bits per heavy atom. The molecule has 0 radical (unpaired) electrons. The lowest BCUT2D eigenvalue weighted by Gasteiger charge is -2.16. The summed E-state index contributed by atoms with van der Waals surface area (Å²) in [6.45, 7) is 0. The summed E-state index contributed by atoms with van der Waals surface area (Å²) < 4.78 is 0. The lowest BCUT2D eigenvalue weighted by molar-refractivity contribution is 0.0697. The van der Waals surface area contributed by atoms with Crippen LogP contribution in [0, 0.1) is 0 Å². The third kappa shape index (κ3) is 1.41. The predicted molar refractivity (Wildman–Crippen MR) is 57.4 cm³/mol. The van der Waals surface area contributed by atoms with Crippen molar-refractivity contribution in [2.24, 2.45) is 0 Å². The van der Waals surface area contributed by atoms with Gasteiger partial charge in [-0.2, -0.15) is 0 Å². The van der Waals surface area contributed by atoms with Gasteiger partial charge in [0.1, 0.15) is 11.2 Å². The summed E-state index contributed by atoms with van der Waals surface area (Å²) in [5.41, 5.74) is 1.59. The number of hydrogen-bond donors (Lipinski definition) is 2. The average molecular weight is 205 g/mol. The Kier molecular flexibility index (Phi) is 2.07. The number of H-pyrrole nitrogens is 1. The average Bonchev–Trinajstić information content (AvgIpc) is 2.62. The number of aromatic amines is 1. The number of nitrogens with one attached hydrogen (secondary N) is 1. The minimum Gasteiger partial charge on any atom is -0.478 e. The Hall–Kier alpha value is -2.04. The van der Waals surface area contributed by atoms with Crippen LogP contribution in [0.5, 0.6) is 0 Å². The van der Waals surface area contributed by atoms with Gasteiger partial charge in [-0.05, 0) is 6.07 Å². The van der Waals surface area contributed by atoms with Crippen LogP contribution in [0.3, 0.4) is 0 Å². The van der Waals surface area contributed by atoms with Gasteiger partial charge in [-0.25, -0.2) is 9.78 Å². The fraction of sp³-hybridized carbons (Fsp3) is 0.200. The van der Waals surface area contributed by atoms with Crippen molar-refractivity contribution >= 4 is 22.7 Å². The van der Waals surface area contributed by atoms with Gasteiger partial charge in [-0.15, -0.1) is 0 Å². The van der Waals surface area contributed by atoms with Crippen LogP contribution >= 0.6 is 0 Å². The van der Waals surface area contributed by atoms with Crippen LogP contribution in [0.2, 0.25) is 0 Å². The molecular weight excluding hydrogens is 194 g/mol. The minimum atomic E-state index is -0.964. The second kappa shape index (κ2) is 3.27. The molecule has 5 heteroatoms. The van der Waals surface area contributed by atoms with Gasteiger partial charge in [0, 0.05) is 31.9 Å². The molecule has 2 heterocycles. The van der Waals surface area contributed by atoms with Crippen molar-refractivity contribution in [2.45, 2.75) is 0 Å². The van der Waals surface area contributed by atoms with Crippen LogP contribution in [0.25, 0.3) is 11.0 Å². The highest BCUT2D eigenvalue weighted by molar-refractivity contribution is 6.03. The van der Waals surface area contributed by atoms with E-state index in [4.69, 9.17) is 5.11 Å². The molecule has 0 aromatic carbocycles. The van der Waals surface area contributed by atoms with E-state index in [1.807, 2.05) is 20.2 Å². The van der Waals surface area contributed by atoms with Gasteiger partial charge in [-0.3, -0.25) is 0 Å². The van der Waals surface area contributed by atoms with E-state index in [0.29, 0.717) is 11.3 Å². The van der Waals surface area contributed by atoms with E-state index in [-0.39, 0.29) is 5.56 Å². The summed E-state index contributed by atoms with van der Waals surface area (Å²) in [6.07, 6.45) is 3.12. The Labute approximate surface area is 86.4 Å². The molecule has 2 rings (SSSR count). The number of carboxylic acids is 1. The van der Waals surface area contributed by atoms with Gasteiger partial charge in [0.15, 0.2) is 0 Å². The lowest BCUT2D eigenvalue weighted by Crippen LogP contribution is -2.14. The van der Waals surface area contributed by atoms with Crippen molar-refractivity contribution in [3.8, 4) is 0 Å². The van der Waals surface area contributed by atoms with E-state index in [2.05, 4.69) is 9.97 Å². The number of nitrogens with zero attached hydrogens (tertiary/aromatic N) is 2. The Morgan fingerprint density at radius 3 is 2.87 bits per heavy atom. The van der Waals surface area contributed by atoms with Crippen LogP contribution in [0.15, 0.2) is 18.5 Å². The second-order valence-corrected chi connectivity index (χ2v) is 3.46. The number of fused-ring (bicyclic) bond motifs is 1. The molecule has 0 aliphatic carbocycles. The monoisotopic (exact) mass is 205 g/mol. The topological polar surface area (TPSA) is 69.2 Å². The van der Waals surface area contributed by atoms with Gasteiger partial charge >= 0.3 is 5.97 Å². The van der Waals surface area contributed by atoms with Gasteiger partial charge in [0.25, 0.3) is 0 Å². The Morgan fingerprint density at radius 1 is 1.53 bits per heavy atom. The highest BCUT2D eigenvalue weighted by Gasteiger charge is 2.16. The normalized spacial score (nSPS) is 10.5. The van der Waals surface area contributed by atoms with E-state index < -0.39 is 5.97 Å². The van der Waals surface area contributed by atoms with E-state index in [0.717, 1.165) is 5.39 Å². The molecule has 0 atom stereocenters. The molecule has 15 heavy (non-hydrogen) atoms. The first kappa shape index (κ1) is 9.51. The molecule has 0 fully saturated rings. The van der Waals surface area contributed by atoms with Crippen LogP contribution in [0.4, 0.5) is 5.69 Å². The molecule has 5 nitrogen and oxygen atoms in total. The Bertz CT molecular complexity index is 516. The smallest absolute Gasteiger partial charge is 0.339 e. The lowest BCUT2D eigenvalue weighted by atomic mass is 10.1. The SMILES string of the molecule is CN(C)c1c(C(=O)O)cnc2[nH]ccc12. The van der Waals surface area contributed by atoms with Gasteiger partial charge in [0.2, 0.25) is 0 Å². The number of aromatic nitrogens is 2. The molecule has 0 saturated carbocycles. The second-order valence-electron chi connectivity index (χ2n) is 3.46. The standard InChI is InChI=1S/C10H11N3O2/c1-13(2)8-6-3-4-11-9(6)12-5-7(8)10(14)15/h3-5H,1-2H3,(H,11,12)(H,14,15). The summed E-state index contributed by atoms with van der Waals surface area (Å²) in [4.78, 5) is 19.8. The number of rotatable bonds is 2. The predicted octanol–water partition coefficient (Wildman–Crippen LogP) is 1.33. The molecule has 0 unspecified atom stereocenters. The third-order valence-electron chi connectivity index (χ3n) is 2.24. The van der Waals surface area contributed by atoms with Crippen molar-refractivity contribution in [1.29, 1.82) is 0 Å². The molecule has 0 aliphatic heterocycles. The number of aromatic carboxylic acids is 1. The first-order chi connectivity index (χ1) is 7.11. The highest BCUT2D eigenvalue weighted by Crippen LogP contribution is 2.27. The molecule has 0 aliphatic rings.